The molecular weight excluding hydrogens is 358 g/mol. The molecule has 8 heteroatoms. The topological polar surface area (TPSA) is 71.5 Å². The maximum absolute atomic E-state index is 13.0. The molecule has 1 aliphatic rings. The maximum Gasteiger partial charge on any atom is 0.247 e. The highest BCUT2D eigenvalue weighted by atomic mass is 79.9. The second kappa shape index (κ2) is 6.20. The molecule has 2 heterocycles. The Morgan fingerprint density at radius 3 is 2.86 bits per heavy atom. The molecule has 1 N–H and O–H groups in total. The van der Waals surface area contributed by atoms with Crippen LogP contribution in [0.25, 0.3) is 0 Å². The number of morpholine rings is 1. The summed E-state index contributed by atoms with van der Waals surface area (Å²) in [5.41, 5.74) is -0.580. The van der Waals surface area contributed by atoms with E-state index in [1.165, 1.54) is 4.31 Å². The molecule has 1 aromatic rings. The largest absolute Gasteiger partial charge is 0.378 e. The fourth-order valence-corrected chi connectivity index (χ4v) is 4.71. The average molecular weight is 378 g/mol. The van der Waals surface area contributed by atoms with E-state index in [2.05, 4.69) is 26.2 Å². The molecular formula is C13H20BrN3O3S. The third-order valence-corrected chi connectivity index (χ3v) is 5.86. The van der Waals surface area contributed by atoms with Gasteiger partial charge in [0.05, 0.1) is 18.8 Å². The number of rotatable bonds is 4. The highest BCUT2D eigenvalue weighted by molar-refractivity contribution is 9.10. The number of hydrogen-bond acceptors (Lipinski definition) is 5. The van der Waals surface area contributed by atoms with Crippen molar-refractivity contribution >= 4 is 31.8 Å². The Kier molecular flexibility index (Phi) is 4.92. The van der Waals surface area contributed by atoms with Crippen molar-refractivity contribution in [1.29, 1.82) is 0 Å². The predicted molar refractivity (Wildman–Crippen MR) is 84.9 cm³/mol. The summed E-state index contributed by atoms with van der Waals surface area (Å²) in [6.07, 6.45) is 1.58. The van der Waals surface area contributed by atoms with E-state index in [1.807, 2.05) is 20.8 Å². The summed E-state index contributed by atoms with van der Waals surface area (Å²) in [5, 5.41) is 3.01. The van der Waals surface area contributed by atoms with Crippen molar-refractivity contribution in [2.45, 2.75) is 31.2 Å². The molecule has 0 spiro atoms. The van der Waals surface area contributed by atoms with Gasteiger partial charge < -0.3 is 10.1 Å². The number of nitrogens with zero attached hydrogens (tertiary/aromatic N) is 2. The third-order valence-electron chi connectivity index (χ3n) is 3.30. The fourth-order valence-electron chi connectivity index (χ4n) is 2.33. The monoisotopic (exact) mass is 377 g/mol. The number of nitrogens with one attached hydrogen (secondary N) is 1. The molecule has 0 unspecified atom stereocenters. The normalized spacial score (nSPS) is 19.4. The minimum Gasteiger partial charge on any atom is -0.378 e. The Hall–Kier alpha value is -0.700. The first-order valence-corrected chi connectivity index (χ1v) is 9.02. The Balaban J connectivity index is 2.50. The van der Waals surface area contributed by atoms with Crippen LogP contribution in [0.4, 0.5) is 5.82 Å². The van der Waals surface area contributed by atoms with Gasteiger partial charge in [-0.3, -0.25) is 0 Å². The van der Waals surface area contributed by atoms with E-state index < -0.39 is 15.6 Å². The molecule has 0 aromatic carbocycles. The van der Waals surface area contributed by atoms with Crippen molar-refractivity contribution in [2.75, 3.05) is 31.6 Å². The first kappa shape index (κ1) is 16.7. The molecule has 0 radical (unpaired) electrons. The van der Waals surface area contributed by atoms with Gasteiger partial charge in [-0.15, -0.1) is 0 Å². The standard InChI is InChI=1S/C13H20BrN3O3S/c1-4-15-12-11(7-10(14)8-16-12)21(18,19)17-5-6-20-9-13(17,2)3/h7-8H,4-6,9H2,1-3H3,(H,15,16). The number of hydrogen-bond donors (Lipinski definition) is 1. The van der Waals surface area contributed by atoms with E-state index in [1.54, 1.807) is 12.3 Å². The van der Waals surface area contributed by atoms with E-state index in [4.69, 9.17) is 4.74 Å². The van der Waals surface area contributed by atoms with Crippen LogP contribution in [0, 0.1) is 0 Å². The van der Waals surface area contributed by atoms with E-state index in [9.17, 15) is 8.42 Å². The minimum absolute atomic E-state index is 0.189. The van der Waals surface area contributed by atoms with Gasteiger partial charge in [-0.25, -0.2) is 13.4 Å². The molecule has 0 amide bonds. The SMILES string of the molecule is CCNc1ncc(Br)cc1S(=O)(=O)N1CCOCC1(C)C. The van der Waals surface area contributed by atoms with Crippen LogP contribution >= 0.6 is 15.9 Å². The van der Waals surface area contributed by atoms with Crippen LogP contribution < -0.4 is 5.32 Å². The van der Waals surface area contributed by atoms with Crippen molar-refractivity contribution < 1.29 is 13.2 Å². The van der Waals surface area contributed by atoms with Gasteiger partial charge in [0.15, 0.2) is 0 Å². The number of sulfonamides is 1. The minimum atomic E-state index is -3.65. The Morgan fingerprint density at radius 1 is 1.52 bits per heavy atom. The number of halogens is 1. The Morgan fingerprint density at radius 2 is 2.24 bits per heavy atom. The van der Waals surface area contributed by atoms with Crippen molar-refractivity contribution in [3.05, 3.63) is 16.7 Å². The zero-order valence-corrected chi connectivity index (χ0v) is 14.8. The molecule has 1 aromatic heterocycles. The maximum atomic E-state index is 13.0. The van der Waals surface area contributed by atoms with Crippen LogP contribution in [0.2, 0.25) is 0 Å². The number of anilines is 1. The number of pyridine rings is 1. The number of ether oxygens (including phenoxy) is 1. The summed E-state index contributed by atoms with van der Waals surface area (Å²) < 4.78 is 33.6. The van der Waals surface area contributed by atoms with Gasteiger partial charge in [0.1, 0.15) is 10.7 Å². The first-order chi connectivity index (χ1) is 9.79. The second-order valence-electron chi connectivity index (χ2n) is 5.47. The summed E-state index contributed by atoms with van der Waals surface area (Å²) in [5.74, 6) is 0.378. The summed E-state index contributed by atoms with van der Waals surface area (Å²) in [6, 6.07) is 1.59. The van der Waals surface area contributed by atoms with Crippen LogP contribution in [-0.4, -0.2) is 49.5 Å². The molecule has 21 heavy (non-hydrogen) atoms. The van der Waals surface area contributed by atoms with Gasteiger partial charge >= 0.3 is 0 Å². The fraction of sp³-hybridized carbons (Fsp3) is 0.615. The molecule has 118 valence electrons. The van der Waals surface area contributed by atoms with Crippen LogP contribution in [0.3, 0.4) is 0 Å². The van der Waals surface area contributed by atoms with E-state index in [-0.39, 0.29) is 4.90 Å². The van der Waals surface area contributed by atoms with Crippen molar-refractivity contribution in [3.63, 3.8) is 0 Å². The zero-order valence-electron chi connectivity index (χ0n) is 12.4. The van der Waals surface area contributed by atoms with Crippen LogP contribution in [0.1, 0.15) is 20.8 Å². The van der Waals surface area contributed by atoms with Gasteiger partial charge in [-0.2, -0.15) is 4.31 Å². The van der Waals surface area contributed by atoms with Gasteiger partial charge in [0, 0.05) is 23.8 Å². The Labute approximate surface area is 134 Å². The van der Waals surface area contributed by atoms with Crippen LogP contribution in [-0.2, 0) is 14.8 Å². The quantitative estimate of drug-likeness (QED) is 0.869. The lowest BCUT2D eigenvalue weighted by Crippen LogP contribution is -2.55. The Bertz CT molecular complexity index is 619. The summed E-state index contributed by atoms with van der Waals surface area (Å²) in [4.78, 5) is 4.37. The van der Waals surface area contributed by atoms with E-state index in [0.29, 0.717) is 36.6 Å². The summed E-state index contributed by atoms with van der Waals surface area (Å²) in [6.45, 7) is 7.35. The molecule has 6 nitrogen and oxygen atoms in total. The van der Waals surface area contributed by atoms with Gasteiger partial charge in [0.25, 0.3) is 0 Å². The first-order valence-electron chi connectivity index (χ1n) is 6.79. The molecule has 0 aliphatic carbocycles. The second-order valence-corrected chi connectivity index (χ2v) is 8.22. The van der Waals surface area contributed by atoms with Gasteiger partial charge in [-0.05, 0) is 42.8 Å². The highest BCUT2D eigenvalue weighted by Crippen LogP contribution is 2.31. The van der Waals surface area contributed by atoms with Crippen LogP contribution in [0.5, 0.6) is 0 Å². The summed E-state index contributed by atoms with van der Waals surface area (Å²) in [7, 11) is -3.65. The van der Waals surface area contributed by atoms with Crippen LogP contribution in [0.15, 0.2) is 21.6 Å². The van der Waals surface area contributed by atoms with Gasteiger partial charge in [-0.1, -0.05) is 0 Å². The van der Waals surface area contributed by atoms with E-state index in [0.717, 1.165) is 0 Å². The lowest BCUT2D eigenvalue weighted by molar-refractivity contribution is -0.00769. The average Bonchev–Trinajstić information content (AvgIpc) is 2.40. The molecule has 1 saturated heterocycles. The predicted octanol–water partition coefficient (Wildman–Crippen LogP) is 2.08. The lowest BCUT2D eigenvalue weighted by Gasteiger charge is -2.40. The number of aromatic nitrogens is 1. The molecule has 0 bridgehead atoms. The lowest BCUT2D eigenvalue weighted by atomic mass is 10.1. The summed E-state index contributed by atoms with van der Waals surface area (Å²) >= 11 is 3.29. The molecule has 0 atom stereocenters. The smallest absolute Gasteiger partial charge is 0.247 e. The highest BCUT2D eigenvalue weighted by Gasteiger charge is 2.41. The van der Waals surface area contributed by atoms with Gasteiger partial charge in [0.2, 0.25) is 10.0 Å². The van der Waals surface area contributed by atoms with Crippen molar-refractivity contribution in [3.8, 4) is 0 Å². The zero-order chi connectivity index (χ0) is 15.7. The van der Waals surface area contributed by atoms with E-state index >= 15 is 0 Å². The molecule has 0 saturated carbocycles. The van der Waals surface area contributed by atoms with Crippen molar-refractivity contribution in [2.24, 2.45) is 0 Å². The molecule has 2 rings (SSSR count). The molecule has 1 aliphatic heterocycles. The van der Waals surface area contributed by atoms with Crippen molar-refractivity contribution in [1.82, 2.24) is 9.29 Å². The molecule has 1 fully saturated rings. The third kappa shape index (κ3) is 3.39.